The molecule has 2 amide bonds. The van der Waals surface area contributed by atoms with E-state index < -0.39 is 0 Å². The fourth-order valence-corrected chi connectivity index (χ4v) is 3.42. The van der Waals surface area contributed by atoms with E-state index in [1.54, 1.807) is 42.5 Å². The molecule has 178 valence electrons. The summed E-state index contributed by atoms with van der Waals surface area (Å²) in [6.07, 6.45) is 0. The molecule has 0 bridgehead atoms. The van der Waals surface area contributed by atoms with Crippen molar-refractivity contribution in [2.45, 2.75) is 13.8 Å². The van der Waals surface area contributed by atoms with Gasteiger partial charge in [-0.15, -0.1) is 0 Å². The van der Waals surface area contributed by atoms with Crippen molar-refractivity contribution in [3.05, 3.63) is 83.9 Å². The molecule has 3 aromatic rings. The summed E-state index contributed by atoms with van der Waals surface area (Å²) < 4.78 is 11.2. The number of anilines is 1. The van der Waals surface area contributed by atoms with Crippen molar-refractivity contribution >= 4 is 17.5 Å². The lowest BCUT2D eigenvalue weighted by Crippen LogP contribution is -2.34. The Bertz CT molecular complexity index is 1080. The first-order valence-corrected chi connectivity index (χ1v) is 11.4. The van der Waals surface area contributed by atoms with Gasteiger partial charge in [0, 0.05) is 24.3 Å². The van der Waals surface area contributed by atoms with Gasteiger partial charge in [0.2, 0.25) is 0 Å². The number of methoxy groups -OCH3 is 1. The first-order valence-electron chi connectivity index (χ1n) is 11.4. The lowest BCUT2D eigenvalue weighted by molar-refractivity contribution is 0.0944. The maximum Gasteiger partial charge on any atom is 0.255 e. The second-order valence-corrected chi connectivity index (χ2v) is 7.59. The van der Waals surface area contributed by atoms with E-state index in [0.29, 0.717) is 34.9 Å². The zero-order chi connectivity index (χ0) is 24.3. The molecule has 7 heteroatoms. The Kier molecular flexibility index (Phi) is 9.05. The normalized spacial score (nSPS) is 10.6. The zero-order valence-corrected chi connectivity index (χ0v) is 19.8. The number of likely N-dealkylation sites (N-methyl/N-ethyl adjacent to an activating group) is 1. The molecule has 0 spiro atoms. The van der Waals surface area contributed by atoms with Gasteiger partial charge in [-0.3, -0.25) is 9.59 Å². The number of para-hydroxylation sites is 1. The number of ether oxygens (including phenoxy) is 2. The Labute approximate surface area is 200 Å². The predicted octanol–water partition coefficient (Wildman–Crippen LogP) is 4.81. The van der Waals surface area contributed by atoms with Crippen LogP contribution in [0.4, 0.5) is 5.69 Å². The van der Waals surface area contributed by atoms with Gasteiger partial charge in [0.05, 0.1) is 12.7 Å². The number of carbonyl (C=O) groups is 2. The highest BCUT2D eigenvalue weighted by atomic mass is 16.5. The average molecular weight is 462 g/mol. The highest BCUT2D eigenvalue weighted by Gasteiger charge is 2.16. The molecule has 0 unspecified atom stereocenters. The molecule has 34 heavy (non-hydrogen) atoms. The van der Waals surface area contributed by atoms with E-state index in [1.807, 2.05) is 30.3 Å². The van der Waals surface area contributed by atoms with E-state index in [4.69, 9.17) is 9.47 Å². The van der Waals surface area contributed by atoms with Crippen molar-refractivity contribution in [2.24, 2.45) is 0 Å². The molecule has 0 aromatic heterocycles. The summed E-state index contributed by atoms with van der Waals surface area (Å²) in [7, 11) is 1.48. The number of benzene rings is 3. The van der Waals surface area contributed by atoms with E-state index in [2.05, 4.69) is 29.4 Å². The third kappa shape index (κ3) is 6.83. The molecule has 7 nitrogen and oxygen atoms in total. The predicted molar refractivity (Wildman–Crippen MR) is 134 cm³/mol. The summed E-state index contributed by atoms with van der Waals surface area (Å²) in [6.45, 7) is 7.35. The van der Waals surface area contributed by atoms with Crippen molar-refractivity contribution in [1.82, 2.24) is 10.2 Å². The molecular weight excluding hydrogens is 430 g/mol. The van der Waals surface area contributed by atoms with Crippen LogP contribution in [0.5, 0.6) is 17.2 Å². The van der Waals surface area contributed by atoms with Gasteiger partial charge >= 0.3 is 0 Å². The summed E-state index contributed by atoms with van der Waals surface area (Å²) in [4.78, 5) is 27.6. The first-order chi connectivity index (χ1) is 16.5. The van der Waals surface area contributed by atoms with Gasteiger partial charge in [0.15, 0.2) is 0 Å². The number of rotatable bonds is 11. The Hall–Kier alpha value is -3.84. The van der Waals surface area contributed by atoms with Crippen LogP contribution in [0.3, 0.4) is 0 Å². The van der Waals surface area contributed by atoms with E-state index in [9.17, 15) is 9.59 Å². The minimum absolute atomic E-state index is 0.232. The zero-order valence-electron chi connectivity index (χ0n) is 19.8. The third-order valence-electron chi connectivity index (χ3n) is 5.41. The minimum Gasteiger partial charge on any atom is -0.496 e. The molecule has 0 fully saturated rings. The smallest absolute Gasteiger partial charge is 0.255 e. The third-order valence-corrected chi connectivity index (χ3v) is 5.41. The van der Waals surface area contributed by atoms with Crippen molar-refractivity contribution in [3.63, 3.8) is 0 Å². The van der Waals surface area contributed by atoms with Crippen molar-refractivity contribution < 1.29 is 19.1 Å². The molecule has 0 saturated heterocycles. The Balaban J connectivity index is 1.61. The van der Waals surface area contributed by atoms with Crippen molar-refractivity contribution in [3.8, 4) is 17.2 Å². The number of hydrogen-bond acceptors (Lipinski definition) is 5. The van der Waals surface area contributed by atoms with Crippen LogP contribution in [0.25, 0.3) is 0 Å². The Morgan fingerprint density at radius 1 is 0.853 bits per heavy atom. The molecule has 0 aliphatic carbocycles. The van der Waals surface area contributed by atoms with Gasteiger partial charge in [-0.2, -0.15) is 0 Å². The standard InChI is InChI=1S/C27H31N3O4/c1-4-30(5-2)18-17-28-27(32)24-16-11-20(19-25(24)33-3)26(31)29-21-12-14-23(15-13-21)34-22-9-7-6-8-10-22/h6-16,19H,4-5,17-18H2,1-3H3,(H,28,32)(H,29,31). The maximum atomic E-state index is 12.7. The van der Waals surface area contributed by atoms with Crippen LogP contribution < -0.4 is 20.1 Å². The summed E-state index contributed by atoms with van der Waals surface area (Å²) in [6, 6.07) is 21.4. The first kappa shape index (κ1) is 24.8. The van der Waals surface area contributed by atoms with Gasteiger partial charge in [-0.05, 0) is 67.7 Å². The van der Waals surface area contributed by atoms with Crippen LogP contribution in [0.1, 0.15) is 34.6 Å². The second-order valence-electron chi connectivity index (χ2n) is 7.59. The second kappa shape index (κ2) is 12.4. The van der Waals surface area contributed by atoms with Crippen molar-refractivity contribution in [2.75, 3.05) is 38.6 Å². The number of nitrogens with one attached hydrogen (secondary N) is 2. The monoisotopic (exact) mass is 461 g/mol. The van der Waals surface area contributed by atoms with Crippen LogP contribution >= 0.6 is 0 Å². The van der Waals surface area contributed by atoms with Crippen LogP contribution in [0, 0.1) is 0 Å². The lowest BCUT2D eigenvalue weighted by Gasteiger charge is -2.18. The summed E-state index contributed by atoms with van der Waals surface area (Å²) in [5.41, 5.74) is 1.41. The largest absolute Gasteiger partial charge is 0.496 e. The number of nitrogens with zero attached hydrogens (tertiary/aromatic N) is 1. The lowest BCUT2D eigenvalue weighted by atomic mass is 10.1. The fraction of sp³-hybridized carbons (Fsp3) is 0.259. The topological polar surface area (TPSA) is 79.9 Å². The SMILES string of the molecule is CCN(CC)CCNC(=O)c1ccc(C(=O)Nc2ccc(Oc3ccccc3)cc2)cc1OC. The number of hydrogen-bond donors (Lipinski definition) is 2. The fourth-order valence-electron chi connectivity index (χ4n) is 3.42. The molecule has 0 radical (unpaired) electrons. The van der Waals surface area contributed by atoms with Gasteiger partial charge in [0.1, 0.15) is 17.2 Å². The van der Waals surface area contributed by atoms with Crippen LogP contribution in [-0.4, -0.2) is 50.0 Å². The maximum absolute atomic E-state index is 12.7. The number of carbonyl (C=O) groups excluding carboxylic acids is 2. The molecule has 3 rings (SSSR count). The van der Waals surface area contributed by atoms with Crippen LogP contribution in [0.2, 0.25) is 0 Å². The molecule has 0 heterocycles. The van der Waals surface area contributed by atoms with E-state index in [0.717, 1.165) is 25.4 Å². The molecule has 3 aromatic carbocycles. The van der Waals surface area contributed by atoms with Crippen LogP contribution in [-0.2, 0) is 0 Å². The van der Waals surface area contributed by atoms with Gasteiger partial charge in [-0.1, -0.05) is 32.0 Å². The minimum atomic E-state index is -0.302. The molecule has 0 aliphatic heterocycles. The van der Waals surface area contributed by atoms with Crippen LogP contribution in [0.15, 0.2) is 72.8 Å². The highest BCUT2D eigenvalue weighted by molar-refractivity contribution is 6.06. The summed E-state index contributed by atoms with van der Waals surface area (Å²) in [5.74, 6) is 1.22. The van der Waals surface area contributed by atoms with Gasteiger partial charge in [0.25, 0.3) is 11.8 Å². The summed E-state index contributed by atoms with van der Waals surface area (Å²) >= 11 is 0. The quantitative estimate of drug-likeness (QED) is 0.428. The van der Waals surface area contributed by atoms with E-state index >= 15 is 0 Å². The number of amides is 2. The highest BCUT2D eigenvalue weighted by Crippen LogP contribution is 2.24. The van der Waals surface area contributed by atoms with Crippen molar-refractivity contribution in [1.29, 1.82) is 0 Å². The molecular formula is C27H31N3O4. The molecule has 0 aliphatic rings. The van der Waals surface area contributed by atoms with E-state index in [-0.39, 0.29) is 11.8 Å². The Morgan fingerprint density at radius 2 is 1.53 bits per heavy atom. The van der Waals surface area contributed by atoms with E-state index in [1.165, 1.54) is 7.11 Å². The molecule has 2 N–H and O–H groups in total. The molecule has 0 atom stereocenters. The average Bonchev–Trinajstić information content (AvgIpc) is 2.88. The molecule has 0 saturated carbocycles. The van der Waals surface area contributed by atoms with Gasteiger partial charge < -0.3 is 25.0 Å². The van der Waals surface area contributed by atoms with Gasteiger partial charge in [-0.25, -0.2) is 0 Å². The Morgan fingerprint density at radius 3 is 2.18 bits per heavy atom. The summed E-state index contributed by atoms with van der Waals surface area (Å²) in [5, 5.41) is 5.76.